The zero-order chi connectivity index (χ0) is 26.1. The van der Waals surface area contributed by atoms with Gasteiger partial charge in [0.1, 0.15) is 17.6 Å². The Morgan fingerprint density at radius 1 is 1.28 bits per heavy atom. The first-order valence-corrected chi connectivity index (χ1v) is 12.6. The second-order valence-corrected chi connectivity index (χ2v) is 10.2. The summed E-state index contributed by atoms with van der Waals surface area (Å²) >= 11 is 0. The Morgan fingerprint density at radius 2 is 2.00 bits per heavy atom. The van der Waals surface area contributed by atoms with Crippen LogP contribution in [0.1, 0.15) is 38.7 Å². The number of esters is 1. The predicted molar refractivity (Wildman–Crippen MR) is 133 cm³/mol. The van der Waals surface area contributed by atoms with Crippen molar-refractivity contribution in [3.05, 3.63) is 61.2 Å². The number of likely N-dealkylation sites (tertiary alicyclic amines) is 1. The highest BCUT2D eigenvalue weighted by Gasteiger charge is 2.78. The van der Waals surface area contributed by atoms with E-state index >= 15 is 0 Å². The van der Waals surface area contributed by atoms with Crippen LogP contribution >= 0.6 is 0 Å². The molecule has 2 bridgehead atoms. The smallest absolute Gasteiger partial charge is 0.312 e. The maximum atomic E-state index is 14.2. The molecule has 3 aliphatic heterocycles. The summed E-state index contributed by atoms with van der Waals surface area (Å²) in [6.45, 7) is 11.5. The third kappa shape index (κ3) is 4.16. The van der Waals surface area contributed by atoms with Gasteiger partial charge in [-0.2, -0.15) is 0 Å². The third-order valence-corrected chi connectivity index (χ3v) is 7.89. The minimum Gasteiger partial charge on any atom is -0.465 e. The first-order chi connectivity index (χ1) is 17.2. The monoisotopic (exact) mass is 496 g/mol. The van der Waals surface area contributed by atoms with E-state index in [9.17, 15) is 19.5 Å². The number of rotatable bonds is 11. The summed E-state index contributed by atoms with van der Waals surface area (Å²) in [5.41, 5.74) is -1.12. The lowest BCUT2D eigenvalue weighted by molar-refractivity contribution is -0.161. The van der Waals surface area contributed by atoms with E-state index in [2.05, 4.69) is 13.2 Å². The molecule has 4 rings (SSSR count). The van der Waals surface area contributed by atoms with Crippen LogP contribution in [0.25, 0.3) is 0 Å². The number of hydrogen-bond acceptors (Lipinski definition) is 6. The van der Waals surface area contributed by atoms with Crippen molar-refractivity contribution >= 4 is 17.8 Å². The minimum atomic E-state index is -1.16. The summed E-state index contributed by atoms with van der Waals surface area (Å²) in [5.74, 6) is -2.78. The Balaban J connectivity index is 1.73. The number of nitrogens with zero attached hydrogens (tertiary/aromatic N) is 2. The fourth-order valence-electron chi connectivity index (χ4n) is 6.26. The van der Waals surface area contributed by atoms with E-state index in [0.717, 1.165) is 5.56 Å². The van der Waals surface area contributed by atoms with Crippen molar-refractivity contribution in [1.29, 1.82) is 0 Å². The van der Waals surface area contributed by atoms with Crippen LogP contribution in [-0.2, 0) is 30.4 Å². The molecule has 194 valence electrons. The molecule has 36 heavy (non-hydrogen) atoms. The first kappa shape index (κ1) is 26.1. The van der Waals surface area contributed by atoms with Gasteiger partial charge in [0.05, 0.1) is 30.8 Å². The number of carbonyl (C=O) groups excluding carboxylic acids is 3. The number of amides is 2. The number of benzene rings is 1. The van der Waals surface area contributed by atoms with Crippen LogP contribution in [0.15, 0.2) is 55.6 Å². The summed E-state index contributed by atoms with van der Waals surface area (Å²) in [6, 6.07) is 8.01. The van der Waals surface area contributed by atoms with Gasteiger partial charge in [-0.25, -0.2) is 0 Å². The van der Waals surface area contributed by atoms with Crippen molar-refractivity contribution in [2.24, 2.45) is 11.8 Å². The molecule has 0 radical (unpaired) electrons. The van der Waals surface area contributed by atoms with Crippen LogP contribution in [0, 0.1) is 11.8 Å². The summed E-state index contributed by atoms with van der Waals surface area (Å²) in [5, 5.41) is 10.0. The molecule has 6 atom stereocenters. The lowest BCUT2D eigenvalue weighted by Gasteiger charge is -2.38. The van der Waals surface area contributed by atoms with Gasteiger partial charge >= 0.3 is 5.97 Å². The minimum absolute atomic E-state index is 0.173. The van der Waals surface area contributed by atoms with Crippen LogP contribution in [0.2, 0.25) is 0 Å². The Kier molecular flexibility index (Phi) is 7.38. The van der Waals surface area contributed by atoms with E-state index in [1.54, 1.807) is 24.0 Å². The maximum Gasteiger partial charge on any atom is 0.312 e. The molecule has 8 heteroatoms. The van der Waals surface area contributed by atoms with E-state index in [4.69, 9.17) is 9.47 Å². The fourth-order valence-corrected chi connectivity index (χ4v) is 6.26. The molecule has 2 unspecified atom stereocenters. The van der Waals surface area contributed by atoms with Gasteiger partial charge in [0.25, 0.3) is 0 Å². The highest BCUT2D eigenvalue weighted by molar-refractivity contribution is 5.98. The van der Waals surface area contributed by atoms with Crippen molar-refractivity contribution in [1.82, 2.24) is 9.80 Å². The first-order valence-electron chi connectivity index (χ1n) is 12.6. The molecular weight excluding hydrogens is 460 g/mol. The average molecular weight is 497 g/mol. The normalized spacial score (nSPS) is 31.1. The van der Waals surface area contributed by atoms with Crippen molar-refractivity contribution in [2.45, 2.75) is 62.9 Å². The SMILES string of the molecule is C=CCCOC(=O)[C@@H]1[C@H]2C(=O)N([C@H](C)CO)C(C(=O)N(CC=C)Cc3ccccc3)C23CC[C@@]1(C)O3. The molecule has 0 aliphatic carbocycles. The lowest BCUT2D eigenvalue weighted by atomic mass is 9.66. The van der Waals surface area contributed by atoms with Crippen molar-refractivity contribution in [3.8, 4) is 0 Å². The molecule has 8 nitrogen and oxygen atoms in total. The quantitative estimate of drug-likeness (QED) is 0.287. The summed E-state index contributed by atoms with van der Waals surface area (Å²) in [6.07, 6.45) is 4.82. The van der Waals surface area contributed by atoms with E-state index in [-0.39, 0.29) is 31.6 Å². The summed E-state index contributed by atoms with van der Waals surface area (Å²) < 4.78 is 12.1. The molecular formula is C28H36N2O6. The van der Waals surface area contributed by atoms with Gasteiger partial charge in [0.2, 0.25) is 11.8 Å². The Morgan fingerprint density at radius 3 is 2.64 bits per heavy atom. The zero-order valence-corrected chi connectivity index (χ0v) is 21.1. The molecule has 2 amide bonds. The number of aliphatic hydroxyl groups excluding tert-OH is 1. The summed E-state index contributed by atoms with van der Waals surface area (Å²) in [4.78, 5) is 44.5. The number of carbonyl (C=O) groups is 3. The van der Waals surface area contributed by atoms with Crippen LogP contribution in [-0.4, -0.2) is 75.7 Å². The van der Waals surface area contributed by atoms with Crippen molar-refractivity contribution in [2.75, 3.05) is 19.8 Å². The van der Waals surface area contributed by atoms with E-state index in [1.165, 1.54) is 4.90 Å². The standard InChI is InChI=1S/C28H36N2O6/c1-5-7-16-35-26(34)22-21-24(32)30(19(3)18-31)23(28(21)14-13-27(22,4)36-28)25(33)29(15-6-2)17-20-11-9-8-10-12-20/h5-6,8-12,19,21-23,31H,1-2,7,13-18H2,3-4H3/t19-,21+,22+,23?,27-,28?/m1/s1. The highest BCUT2D eigenvalue weighted by Crippen LogP contribution is 2.63. The van der Waals surface area contributed by atoms with Crippen LogP contribution in [0.5, 0.6) is 0 Å². The van der Waals surface area contributed by atoms with E-state index in [0.29, 0.717) is 25.8 Å². The zero-order valence-electron chi connectivity index (χ0n) is 21.1. The van der Waals surface area contributed by atoms with Gasteiger partial charge in [-0.1, -0.05) is 42.5 Å². The Labute approximate surface area is 212 Å². The van der Waals surface area contributed by atoms with Crippen molar-refractivity contribution in [3.63, 3.8) is 0 Å². The van der Waals surface area contributed by atoms with Crippen molar-refractivity contribution < 1.29 is 29.0 Å². The van der Waals surface area contributed by atoms with E-state index < -0.39 is 41.1 Å². The number of hydrogen-bond donors (Lipinski definition) is 1. The predicted octanol–water partition coefficient (Wildman–Crippen LogP) is 2.47. The van der Waals surface area contributed by atoms with Gasteiger partial charge in [-0.3, -0.25) is 14.4 Å². The molecule has 1 spiro atoms. The van der Waals surface area contributed by atoms with E-state index in [1.807, 2.05) is 37.3 Å². The second kappa shape index (κ2) is 10.2. The molecule has 0 saturated carbocycles. The Hall–Kier alpha value is -2.97. The summed E-state index contributed by atoms with van der Waals surface area (Å²) in [7, 11) is 0. The number of ether oxygens (including phenoxy) is 2. The molecule has 3 heterocycles. The van der Waals surface area contributed by atoms with Gasteiger partial charge in [0, 0.05) is 13.1 Å². The van der Waals surface area contributed by atoms with Gasteiger partial charge in [-0.15, -0.1) is 13.2 Å². The highest BCUT2D eigenvalue weighted by atomic mass is 16.6. The van der Waals surface area contributed by atoms with Crippen LogP contribution in [0.4, 0.5) is 0 Å². The third-order valence-electron chi connectivity index (χ3n) is 7.89. The molecule has 3 aliphatic rings. The molecule has 3 fully saturated rings. The lowest BCUT2D eigenvalue weighted by Crippen LogP contribution is -2.58. The van der Waals surface area contributed by atoms with Gasteiger partial charge < -0.3 is 24.4 Å². The molecule has 0 aromatic heterocycles. The average Bonchev–Trinajstić information content (AvgIpc) is 3.44. The molecule has 1 aromatic carbocycles. The van der Waals surface area contributed by atoms with Gasteiger partial charge in [-0.05, 0) is 38.7 Å². The number of aliphatic hydroxyl groups is 1. The van der Waals surface area contributed by atoms with Crippen LogP contribution < -0.4 is 0 Å². The molecule has 1 aromatic rings. The molecule has 1 N–H and O–H groups in total. The Bertz CT molecular complexity index is 1030. The maximum absolute atomic E-state index is 14.2. The fraction of sp³-hybridized carbons (Fsp3) is 0.536. The van der Waals surface area contributed by atoms with Gasteiger partial charge in [0.15, 0.2) is 0 Å². The van der Waals surface area contributed by atoms with Crippen LogP contribution in [0.3, 0.4) is 0 Å². The largest absolute Gasteiger partial charge is 0.465 e. The topological polar surface area (TPSA) is 96.4 Å². The number of fused-ring (bicyclic) bond motifs is 1. The molecule has 3 saturated heterocycles. The second-order valence-electron chi connectivity index (χ2n) is 10.2.